The average Bonchev–Trinajstić information content (AvgIpc) is 3.47. The van der Waals surface area contributed by atoms with Gasteiger partial charge in [0.15, 0.2) is 11.6 Å². The fourth-order valence-electron chi connectivity index (χ4n) is 3.92. The number of hydrogen-bond acceptors (Lipinski definition) is 6. The minimum Gasteiger partial charge on any atom is -0.496 e. The molecule has 0 radical (unpaired) electrons. The van der Waals surface area contributed by atoms with E-state index in [-0.39, 0.29) is 5.92 Å². The van der Waals surface area contributed by atoms with Crippen molar-refractivity contribution in [2.45, 2.75) is 31.7 Å². The molecule has 0 spiro atoms. The van der Waals surface area contributed by atoms with Gasteiger partial charge >= 0.3 is 0 Å². The molecular weight excluding hydrogens is 368 g/mol. The molecule has 0 fully saturated rings. The molecular formula is C20H22N8O. The molecule has 1 unspecified atom stereocenters. The Balaban J connectivity index is 1.54. The highest BCUT2D eigenvalue weighted by Crippen LogP contribution is 2.29. The van der Waals surface area contributed by atoms with Crippen LogP contribution in [0, 0.1) is 0 Å². The summed E-state index contributed by atoms with van der Waals surface area (Å²) in [6, 6.07) is 9.93. The number of aryl methyl sites for hydroxylation is 2. The average molecular weight is 390 g/mol. The molecule has 1 aromatic carbocycles. The summed E-state index contributed by atoms with van der Waals surface area (Å²) in [5.74, 6) is 4.66. The van der Waals surface area contributed by atoms with Crippen molar-refractivity contribution in [2.75, 3.05) is 7.11 Å². The molecule has 4 heterocycles. The molecule has 0 saturated heterocycles. The Hall–Kier alpha value is -3.49. The lowest BCUT2D eigenvalue weighted by atomic mass is 9.99. The van der Waals surface area contributed by atoms with E-state index in [9.17, 15) is 0 Å². The van der Waals surface area contributed by atoms with E-state index in [0.29, 0.717) is 6.42 Å². The molecule has 4 aromatic rings. The molecule has 0 saturated carbocycles. The van der Waals surface area contributed by atoms with Crippen LogP contribution in [0.15, 0.2) is 42.9 Å². The van der Waals surface area contributed by atoms with Crippen molar-refractivity contribution in [2.24, 2.45) is 7.05 Å². The lowest BCUT2D eigenvalue weighted by Gasteiger charge is -2.22. The Labute approximate surface area is 168 Å². The number of methoxy groups -OCH3 is 1. The Morgan fingerprint density at radius 1 is 1.17 bits per heavy atom. The van der Waals surface area contributed by atoms with Gasteiger partial charge in [-0.05, 0) is 12.5 Å². The molecule has 1 aliphatic rings. The Morgan fingerprint density at radius 2 is 2.07 bits per heavy atom. The van der Waals surface area contributed by atoms with Gasteiger partial charge in [-0.1, -0.05) is 18.2 Å². The number of ether oxygens (including phenoxy) is 1. The molecule has 0 bridgehead atoms. The second-order valence-electron chi connectivity index (χ2n) is 7.19. The van der Waals surface area contributed by atoms with Crippen molar-refractivity contribution in [1.82, 2.24) is 39.3 Å². The molecule has 0 amide bonds. The van der Waals surface area contributed by atoms with Gasteiger partial charge in [0, 0.05) is 37.4 Å². The molecule has 148 valence electrons. The van der Waals surface area contributed by atoms with Gasteiger partial charge in [-0.25, -0.2) is 14.6 Å². The standard InChI is InChI=1S/C20H22N8O/c1-26-19(9-10-22-26)28-20(15-7-8-18-21-13-23-27(18)12-15)24-17(25-28)11-14-5-3-4-6-16(14)29-2/h3-6,9-10,13,15H,7-8,11-12H2,1-2H3. The third-order valence-electron chi connectivity index (χ3n) is 5.40. The van der Waals surface area contributed by atoms with Gasteiger partial charge in [-0.2, -0.15) is 14.9 Å². The Morgan fingerprint density at radius 3 is 2.90 bits per heavy atom. The maximum absolute atomic E-state index is 5.50. The smallest absolute Gasteiger partial charge is 0.155 e. The largest absolute Gasteiger partial charge is 0.496 e. The van der Waals surface area contributed by atoms with Gasteiger partial charge in [0.25, 0.3) is 0 Å². The number of rotatable bonds is 5. The molecule has 1 aliphatic heterocycles. The zero-order valence-corrected chi connectivity index (χ0v) is 16.4. The third-order valence-corrected chi connectivity index (χ3v) is 5.40. The SMILES string of the molecule is COc1ccccc1Cc1nc(C2CCc3ncnn3C2)n(-c2ccnn2C)n1. The second-order valence-corrected chi connectivity index (χ2v) is 7.19. The molecule has 9 nitrogen and oxygen atoms in total. The first-order valence-corrected chi connectivity index (χ1v) is 9.65. The normalized spacial score (nSPS) is 16.0. The monoisotopic (exact) mass is 390 g/mol. The number of hydrogen-bond donors (Lipinski definition) is 0. The van der Waals surface area contributed by atoms with E-state index in [1.807, 2.05) is 51.4 Å². The molecule has 3 aromatic heterocycles. The maximum atomic E-state index is 5.50. The fourth-order valence-corrected chi connectivity index (χ4v) is 3.92. The number of benzene rings is 1. The first-order chi connectivity index (χ1) is 14.2. The minimum absolute atomic E-state index is 0.206. The molecule has 0 aliphatic carbocycles. The van der Waals surface area contributed by atoms with Gasteiger partial charge in [-0.15, -0.1) is 5.10 Å². The predicted molar refractivity (Wildman–Crippen MR) is 105 cm³/mol. The predicted octanol–water partition coefficient (Wildman–Crippen LogP) is 1.92. The van der Waals surface area contributed by atoms with Crippen LogP contribution in [0.3, 0.4) is 0 Å². The van der Waals surface area contributed by atoms with E-state index in [4.69, 9.17) is 14.8 Å². The first-order valence-electron chi connectivity index (χ1n) is 9.65. The zero-order valence-electron chi connectivity index (χ0n) is 16.4. The van der Waals surface area contributed by atoms with Gasteiger partial charge in [0.2, 0.25) is 0 Å². The van der Waals surface area contributed by atoms with Crippen molar-refractivity contribution < 1.29 is 4.74 Å². The summed E-state index contributed by atoms with van der Waals surface area (Å²) in [4.78, 5) is 9.29. The van der Waals surface area contributed by atoms with Crippen LogP contribution < -0.4 is 4.74 Å². The van der Waals surface area contributed by atoms with Crippen LogP contribution in [0.4, 0.5) is 0 Å². The van der Waals surface area contributed by atoms with Gasteiger partial charge in [0.05, 0.1) is 19.9 Å². The van der Waals surface area contributed by atoms with Crippen molar-refractivity contribution in [3.63, 3.8) is 0 Å². The highest BCUT2D eigenvalue weighted by Gasteiger charge is 2.28. The van der Waals surface area contributed by atoms with Crippen molar-refractivity contribution in [3.05, 3.63) is 65.9 Å². The van der Waals surface area contributed by atoms with E-state index in [2.05, 4.69) is 15.2 Å². The van der Waals surface area contributed by atoms with E-state index in [0.717, 1.165) is 54.0 Å². The molecule has 9 heteroatoms. The van der Waals surface area contributed by atoms with Crippen LogP contribution in [0.25, 0.3) is 5.82 Å². The number of para-hydroxylation sites is 1. The van der Waals surface area contributed by atoms with Crippen LogP contribution in [-0.4, -0.2) is 46.4 Å². The Bertz CT molecular complexity index is 1140. The van der Waals surface area contributed by atoms with Crippen LogP contribution >= 0.6 is 0 Å². The summed E-state index contributed by atoms with van der Waals surface area (Å²) >= 11 is 0. The van der Waals surface area contributed by atoms with Crippen LogP contribution in [0.5, 0.6) is 5.75 Å². The van der Waals surface area contributed by atoms with E-state index >= 15 is 0 Å². The number of nitrogens with zero attached hydrogens (tertiary/aromatic N) is 8. The maximum Gasteiger partial charge on any atom is 0.155 e. The van der Waals surface area contributed by atoms with Crippen LogP contribution in [0.2, 0.25) is 0 Å². The molecule has 29 heavy (non-hydrogen) atoms. The zero-order chi connectivity index (χ0) is 19.8. The van der Waals surface area contributed by atoms with Crippen molar-refractivity contribution >= 4 is 0 Å². The highest BCUT2D eigenvalue weighted by molar-refractivity contribution is 5.35. The van der Waals surface area contributed by atoms with E-state index in [1.165, 1.54) is 0 Å². The summed E-state index contributed by atoms with van der Waals surface area (Å²) in [6.07, 6.45) is 5.84. The lowest BCUT2D eigenvalue weighted by molar-refractivity contribution is 0.403. The van der Waals surface area contributed by atoms with E-state index < -0.39 is 0 Å². The lowest BCUT2D eigenvalue weighted by Crippen LogP contribution is -2.23. The topological polar surface area (TPSA) is 88.5 Å². The number of aromatic nitrogens is 8. The van der Waals surface area contributed by atoms with Gasteiger partial charge in [-0.3, -0.25) is 4.68 Å². The first kappa shape index (κ1) is 17.6. The van der Waals surface area contributed by atoms with Crippen molar-refractivity contribution in [3.8, 4) is 11.6 Å². The van der Waals surface area contributed by atoms with Crippen LogP contribution in [-0.2, 0) is 26.4 Å². The summed E-state index contributed by atoms with van der Waals surface area (Å²) in [6.45, 7) is 0.750. The second kappa shape index (κ2) is 7.16. The summed E-state index contributed by atoms with van der Waals surface area (Å²) in [5, 5.41) is 13.5. The summed E-state index contributed by atoms with van der Waals surface area (Å²) < 4.78 is 11.2. The third kappa shape index (κ3) is 3.18. The summed E-state index contributed by atoms with van der Waals surface area (Å²) in [7, 11) is 3.60. The minimum atomic E-state index is 0.206. The van der Waals surface area contributed by atoms with Crippen molar-refractivity contribution in [1.29, 1.82) is 0 Å². The summed E-state index contributed by atoms with van der Waals surface area (Å²) in [5.41, 5.74) is 1.06. The van der Waals surface area contributed by atoms with Gasteiger partial charge < -0.3 is 4.74 Å². The Kier molecular flexibility index (Phi) is 4.34. The highest BCUT2D eigenvalue weighted by atomic mass is 16.5. The molecule has 5 rings (SSSR count). The molecule has 1 atom stereocenters. The van der Waals surface area contributed by atoms with Crippen LogP contribution in [0.1, 0.15) is 35.4 Å². The molecule has 0 N–H and O–H groups in total. The number of fused-ring (bicyclic) bond motifs is 1. The van der Waals surface area contributed by atoms with E-state index in [1.54, 1.807) is 19.6 Å². The van der Waals surface area contributed by atoms with Gasteiger partial charge in [0.1, 0.15) is 23.7 Å². The fraction of sp³-hybridized carbons (Fsp3) is 0.350. The quantitative estimate of drug-likeness (QED) is 0.517.